The van der Waals surface area contributed by atoms with E-state index in [-0.39, 0.29) is 0 Å². The van der Waals surface area contributed by atoms with Gasteiger partial charge in [0.25, 0.3) is 0 Å². The van der Waals surface area contributed by atoms with Crippen LogP contribution >= 0.6 is 0 Å². The van der Waals surface area contributed by atoms with E-state index in [0.29, 0.717) is 0 Å². The average molecular weight is 240 g/mol. The van der Waals surface area contributed by atoms with Crippen LogP contribution in [0.1, 0.15) is 59.3 Å². The van der Waals surface area contributed by atoms with Crippen molar-refractivity contribution in [1.82, 2.24) is 10.2 Å². The van der Waals surface area contributed by atoms with Gasteiger partial charge in [-0.15, -0.1) is 0 Å². The molecule has 0 saturated carbocycles. The van der Waals surface area contributed by atoms with Gasteiger partial charge in [0.2, 0.25) is 0 Å². The molecule has 1 saturated heterocycles. The minimum atomic E-state index is 0.792. The molecule has 1 aliphatic rings. The Labute approximate surface area is 108 Å². The van der Waals surface area contributed by atoms with Gasteiger partial charge in [-0.1, -0.05) is 33.1 Å². The zero-order valence-corrected chi connectivity index (χ0v) is 12.2. The smallest absolute Gasteiger partial charge is 0.0110 e. The molecule has 2 nitrogen and oxygen atoms in total. The van der Waals surface area contributed by atoms with E-state index in [1.54, 1.807) is 0 Å². The second-order valence-corrected chi connectivity index (χ2v) is 5.83. The normalized spacial score (nSPS) is 26.3. The third kappa shape index (κ3) is 6.42. The van der Waals surface area contributed by atoms with Crippen molar-refractivity contribution in [1.29, 1.82) is 0 Å². The lowest BCUT2D eigenvalue weighted by atomic mass is 9.93. The molecule has 102 valence electrons. The van der Waals surface area contributed by atoms with Crippen LogP contribution in [0.5, 0.6) is 0 Å². The minimum Gasteiger partial charge on any atom is -0.315 e. The van der Waals surface area contributed by atoms with Gasteiger partial charge in [-0.25, -0.2) is 0 Å². The summed E-state index contributed by atoms with van der Waals surface area (Å²) in [5, 5.41) is 3.58. The minimum absolute atomic E-state index is 0.792. The summed E-state index contributed by atoms with van der Waals surface area (Å²) >= 11 is 0. The van der Waals surface area contributed by atoms with Gasteiger partial charge in [-0.2, -0.15) is 0 Å². The third-order valence-corrected chi connectivity index (χ3v) is 4.06. The summed E-state index contributed by atoms with van der Waals surface area (Å²) < 4.78 is 0. The van der Waals surface area contributed by atoms with E-state index in [1.807, 2.05) is 0 Å². The number of hydrogen-bond acceptors (Lipinski definition) is 2. The molecule has 0 bridgehead atoms. The molecule has 2 unspecified atom stereocenters. The molecule has 0 aromatic heterocycles. The lowest BCUT2D eigenvalue weighted by Gasteiger charge is -2.36. The quantitative estimate of drug-likeness (QED) is 0.655. The molecule has 0 spiro atoms. The van der Waals surface area contributed by atoms with Crippen LogP contribution in [0.3, 0.4) is 0 Å². The highest BCUT2D eigenvalue weighted by Crippen LogP contribution is 2.21. The van der Waals surface area contributed by atoms with Gasteiger partial charge in [-0.3, -0.25) is 4.90 Å². The summed E-state index contributed by atoms with van der Waals surface area (Å²) in [5.74, 6) is 0.934. The number of unbranched alkanes of at least 4 members (excludes halogenated alkanes) is 3. The maximum atomic E-state index is 3.58. The fourth-order valence-electron chi connectivity index (χ4n) is 2.81. The molecule has 17 heavy (non-hydrogen) atoms. The van der Waals surface area contributed by atoms with Gasteiger partial charge < -0.3 is 5.32 Å². The Morgan fingerprint density at radius 3 is 2.65 bits per heavy atom. The summed E-state index contributed by atoms with van der Waals surface area (Å²) in [7, 11) is 0. The standard InChI is InChI=1S/C15H32N2/c1-4-5-6-7-9-16-10-12-17-11-8-14(2)13-15(17)3/h14-16H,4-13H2,1-3H3. The maximum absolute atomic E-state index is 3.58. The Morgan fingerprint density at radius 2 is 1.94 bits per heavy atom. The van der Waals surface area contributed by atoms with Crippen molar-refractivity contribution in [3.05, 3.63) is 0 Å². The van der Waals surface area contributed by atoms with Crippen molar-refractivity contribution in [2.24, 2.45) is 5.92 Å². The largest absolute Gasteiger partial charge is 0.315 e. The van der Waals surface area contributed by atoms with Crippen molar-refractivity contribution in [3.8, 4) is 0 Å². The molecule has 0 aromatic carbocycles. The number of nitrogens with one attached hydrogen (secondary N) is 1. The fourth-order valence-corrected chi connectivity index (χ4v) is 2.81. The molecule has 2 atom stereocenters. The van der Waals surface area contributed by atoms with Crippen LogP contribution in [0.2, 0.25) is 0 Å². The van der Waals surface area contributed by atoms with E-state index in [0.717, 1.165) is 12.0 Å². The molecule has 0 aromatic rings. The monoisotopic (exact) mass is 240 g/mol. The average Bonchev–Trinajstić information content (AvgIpc) is 2.30. The first-order valence-electron chi connectivity index (χ1n) is 7.68. The van der Waals surface area contributed by atoms with Crippen LogP contribution in [-0.4, -0.2) is 37.1 Å². The Morgan fingerprint density at radius 1 is 1.12 bits per heavy atom. The Hall–Kier alpha value is -0.0800. The summed E-state index contributed by atoms with van der Waals surface area (Å²) in [6.07, 6.45) is 8.24. The molecule has 0 radical (unpaired) electrons. The van der Waals surface area contributed by atoms with E-state index in [4.69, 9.17) is 0 Å². The van der Waals surface area contributed by atoms with Crippen LogP contribution in [0.15, 0.2) is 0 Å². The predicted octanol–water partition coefficient (Wildman–Crippen LogP) is 3.28. The molecule has 1 fully saturated rings. The highest BCUT2D eigenvalue weighted by atomic mass is 15.2. The molecule has 1 N–H and O–H groups in total. The van der Waals surface area contributed by atoms with E-state index in [9.17, 15) is 0 Å². The summed E-state index contributed by atoms with van der Waals surface area (Å²) in [6.45, 7) is 12.0. The lowest BCUT2D eigenvalue weighted by Crippen LogP contribution is -2.43. The number of nitrogens with zero attached hydrogens (tertiary/aromatic N) is 1. The summed E-state index contributed by atoms with van der Waals surface area (Å²) in [6, 6.07) is 0.792. The Balaban J connectivity index is 1.95. The molecule has 2 heteroatoms. The summed E-state index contributed by atoms with van der Waals surface area (Å²) in [5.41, 5.74) is 0. The van der Waals surface area contributed by atoms with Crippen LogP contribution in [-0.2, 0) is 0 Å². The zero-order chi connectivity index (χ0) is 12.5. The van der Waals surface area contributed by atoms with Gasteiger partial charge in [0.1, 0.15) is 0 Å². The highest BCUT2D eigenvalue weighted by Gasteiger charge is 2.21. The van der Waals surface area contributed by atoms with Crippen molar-refractivity contribution < 1.29 is 0 Å². The second-order valence-electron chi connectivity index (χ2n) is 5.83. The van der Waals surface area contributed by atoms with E-state index < -0.39 is 0 Å². The van der Waals surface area contributed by atoms with Crippen LogP contribution in [0.4, 0.5) is 0 Å². The SMILES string of the molecule is CCCCCCNCCN1CCC(C)CC1C. The molecular weight excluding hydrogens is 208 g/mol. The first kappa shape index (κ1) is 15.0. The molecule has 1 aliphatic heterocycles. The van der Waals surface area contributed by atoms with Crippen molar-refractivity contribution in [2.75, 3.05) is 26.2 Å². The van der Waals surface area contributed by atoms with Crippen molar-refractivity contribution in [2.45, 2.75) is 65.3 Å². The highest BCUT2D eigenvalue weighted by molar-refractivity contribution is 4.77. The second kappa shape index (κ2) is 8.93. The number of likely N-dealkylation sites (tertiary alicyclic amines) is 1. The Bertz CT molecular complexity index is 182. The molecule has 0 aliphatic carbocycles. The van der Waals surface area contributed by atoms with E-state index in [1.165, 1.54) is 64.7 Å². The van der Waals surface area contributed by atoms with Gasteiger partial charge >= 0.3 is 0 Å². The van der Waals surface area contributed by atoms with Gasteiger partial charge in [-0.05, 0) is 45.2 Å². The molecule has 1 heterocycles. The lowest BCUT2D eigenvalue weighted by molar-refractivity contribution is 0.130. The summed E-state index contributed by atoms with van der Waals surface area (Å²) in [4.78, 5) is 2.65. The molecule has 1 rings (SSSR count). The van der Waals surface area contributed by atoms with Gasteiger partial charge in [0, 0.05) is 19.1 Å². The maximum Gasteiger partial charge on any atom is 0.0110 e. The third-order valence-electron chi connectivity index (χ3n) is 4.06. The van der Waals surface area contributed by atoms with Crippen LogP contribution in [0.25, 0.3) is 0 Å². The number of rotatable bonds is 8. The molecular formula is C15H32N2. The van der Waals surface area contributed by atoms with Gasteiger partial charge in [0.05, 0.1) is 0 Å². The van der Waals surface area contributed by atoms with Crippen LogP contribution in [0, 0.1) is 5.92 Å². The zero-order valence-electron chi connectivity index (χ0n) is 12.2. The predicted molar refractivity (Wildman–Crippen MR) is 76.4 cm³/mol. The fraction of sp³-hybridized carbons (Fsp3) is 1.00. The Kier molecular flexibility index (Phi) is 7.87. The van der Waals surface area contributed by atoms with Crippen molar-refractivity contribution in [3.63, 3.8) is 0 Å². The number of hydrogen-bond donors (Lipinski definition) is 1. The van der Waals surface area contributed by atoms with E-state index >= 15 is 0 Å². The van der Waals surface area contributed by atoms with Crippen molar-refractivity contribution >= 4 is 0 Å². The first-order chi connectivity index (χ1) is 8.24. The van der Waals surface area contributed by atoms with Gasteiger partial charge in [0.15, 0.2) is 0 Å². The first-order valence-corrected chi connectivity index (χ1v) is 7.68. The number of piperidine rings is 1. The van der Waals surface area contributed by atoms with Crippen LogP contribution < -0.4 is 5.32 Å². The van der Waals surface area contributed by atoms with E-state index in [2.05, 4.69) is 31.0 Å². The molecule has 0 amide bonds. The topological polar surface area (TPSA) is 15.3 Å².